The van der Waals surface area contributed by atoms with Crippen molar-refractivity contribution in [2.75, 3.05) is 13.2 Å². The Morgan fingerprint density at radius 3 is 1.38 bits per heavy atom. The SMILES string of the molecule is CCCCCCCCCCCCOc1ccc(-c2ccc(OCCCCC(C)CC)cc2)cc1. The van der Waals surface area contributed by atoms with Crippen LogP contribution < -0.4 is 9.47 Å². The van der Waals surface area contributed by atoms with Gasteiger partial charge in [-0.3, -0.25) is 0 Å². The van der Waals surface area contributed by atoms with Crippen LogP contribution in [0.3, 0.4) is 0 Å². The van der Waals surface area contributed by atoms with E-state index in [2.05, 4.69) is 69.3 Å². The lowest BCUT2D eigenvalue weighted by Crippen LogP contribution is -1.99. The largest absolute Gasteiger partial charge is 0.494 e. The zero-order chi connectivity index (χ0) is 24.3. The van der Waals surface area contributed by atoms with E-state index in [1.165, 1.54) is 88.2 Å². The zero-order valence-corrected chi connectivity index (χ0v) is 22.3. The lowest BCUT2D eigenvalue weighted by atomic mass is 10.0. The predicted octanol–water partition coefficient (Wildman–Crippen LogP) is 10.2. The highest BCUT2D eigenvalue weighted by molar-refractivity contribution is 5.64. The molecule has 0 saturated carbocycles. The third kappa shape index (κ3) is 12.5. The molecule has 0 aromatic heterocycles. The van der Waals surface area contributed by atoms with E-state index in [0.29, 0.717) is 0 Å². The minimum absolute atomic E-state index is 0.806. The summed E-state index contributed by atoms with van der Waals surface area (Å²) in [4.78, 5) is 0. The van der Waals surface area contributed by atoms with Gasteiger partial charge < -0.3 is 9.47 Å². The van der Waals surface area contributed by atoms with Crippen LogP contribution in [0, 0.1) is 5.92 Å². The van der Waals surface area contributed by atoms with Crippen molar-refractivity contribution in [1.82, 2.24) is 0 Å². The highest BCUT2D eigenvalue weighted by Gasteiger charge is 2.02. The summed E-state index contributed by atoms with van der Waals surface area (Å²) in [5.41, 5.74) is 2.43. The molecule has 1 atom stereocenters. The fourth-order valence-electron chi connectivity index (χ4n) is 4.26. The number of ether oxygens (including phenoxy) is 2. The van der Waals surface area contributed by atoms with Gasteiger partial charge in [-0.05, 0) is 60.6 Å². The van der Waals surface area contributed by atoms with E-state index in [9.17, 15) is 0 Å². The number of hydrogen-bond acceptors (Lipinski definition) is 2. The number of benzene rings is 2. The fraction of sp³-hybridized carbons (Fsp3) is 0.625. The van der Waals surface area contributed by atoms with Crippen LogP contribution in [0.15, 0.2) is 48.5 Å². The maximum atomic E-state index is 5.95. The molecule has 1 unspecified atom stereocenters. The standard InChI is InChI=1S/C32H50O2/c1-4-6-7-8-9-10-11-12-13-15-26-33-31-22-18-29(19-23-31)30-20-24-32(25-21-30)34-27-16-14-17-28(3)5-2/h18-25,28H,4-17,26-27H2,1-3H3. The van der Waals surface area contributed by atoms with E-state index in [4.69, 9.17) is 9.47 Å². The second-order valence-corrected chi connectivity index (χ2v) is 9.94. The Balaban J connectivity index is 1.57. The zero-order valence-electron chi connectivity index (χ0n) is 22.3. The Kier molecular flexibility index (Phi) is 15.3. The molecule has 34 heavy (non-hydrogen) atoms. The Morgan fingerprint density at radius 2 is 0.941 bits per heavy atom. The molecule has 0 aliphatic heterocycles. The minimum Gasteiger partial charge on any atom is -0.494 e. The normalized spacial score (nSPS) is 12.0. The molecular weight excluding hydrogens is 416 g/mol. The molecule has 0 saturated heterocycles. The molecule has 2 rings (SSSR count). The van der Waals surface area contributed by atoms with Crippen molar-refractivity contribution in [3.63, 3.8) is 0 Å². The molecule has 0 aliphatic rings. The Labute approximate surface area is 210 Å². The first-order valence-corrected chi connectivity index (χ1v) is 14.2. The topological polar surface area (TPSA) is 18.5 Å². The molecule has 2 nitrogen and oxygen atoms in total. The lowest BCUT2D eigenvalue weighted by molar-refractivity contribution is 0.300. The molecule has 0 N–H and O–H groups in total. The molecule has 0 heterocycles. The van der Waals surface area contributed by atoms with Gasteiger partial charge in [-0.15, -0.1) is 0 Å². The van der Waals surface area contributed by atoms with Gasteiger partial charge in [0.05, 0.1) is 13.2 Å². The van der Waals surface area contributed by atoms with Crippen LogP contribution in [-0.4, -0.2) is 13.2 Å². The van der Waals surface area contributed by atoms with Gasteiger partial charge >= 0.3 is 0 Å². The van der Waals surface area contributed by atoms with Crippen molar-refractivity contribution in [1.29, 1.82) is 0 Å². The summed E-state index contributed by atoms with van der Waals surface area (Å²) in [6.45, 7) is 8.50. The molecule has 2 aromatic rings. The third-order valence-corrected chi connectivity index (χ3v) is 6.87. The average Bonchev–Trinajstić information content (AvgIpc) is 2.87. The molecule has 0 amide bonds. The van der Waals surface area contributed by atoms with Gasteiger partial charge in [-0.25, -0.2) is 0 Å². The smallest absolute Gasteiger partial charge is 0.119 e. The van der Waals surface area contributed by atoms with Crippen molar-refractivity contribution >= 4 is 0 Å². The van der Waals surface area contributed by atoms with Crippen LogP contribution in [0.5, 0.6) is 11.5 Å². The third-order valence-electron chi connectivity index (χ3n) is 6.87. The summed E-state index contributed by atoms with van der Waals surface area (Å²) in [6, 6.07) is 16.9. The molecule has 0 bridgehead atoms. The first-order valence-electron chi connectivity index (χ1n) is 14.2. The highest BCUT2D eigenvalue weighted by Crippen LogP contribution is 2.25. The van der Waals surface area contributed by atoms with Crippen molar-refractivity contribution in [2.45, 2.75) is 111 Å². The van der Waals surface area contributed by atoms with Gasteiger partial charge in [0.25, 0.3) is 0 Å². The fourth-order valence-corrected chi connectivity index (χ4v) is 4.26. The monoisotopic (exact) mass is 466 g/mol. The van der Waals surface area contributed by atoms with Crippen molar-refractivity contribution in [2.24, 2.45) is 5.92 Å². The molecule has 0 aliphatic carbocycles. The summed E-state index contributed by atoms with van der Waals surface area (Å²) in [7, 11) is 0. The Bertz CT molecular complexity index is 720. The van der Waals surface area contributed by atoms with Crippen LogP contribution in [0.2, 0.25) is 0 Å². The van der Waals surface area contributed by atoms with Gasteiger partial charge in [0.1, 0.15) is 11.5 Å². The van der Waals surface area contributed by atoms with E-state index in [1.807, 2.05) is 0 Å². The second-order valence-electron chi connectivity index (χ2n) is 9.94. The maximum Gasteiger partial charge on any atom is 0.119 e. The van der Waals surface area contributed by atoms with E-state index in [0.717, 1.165) is 43.5 Å². The van der Waals surface area contributed by atoms with Gasteiger partial charge in [0.2, 0.25) is 0 Å². The van der Waals surface area contributed by atoms with Gasteiger partial charge in [0, 0.05) is 0 Å². The van der Waals surface area contributed by atoms with Crippen LogP contribution in [0.25, 0.3) is 11.1 Å². The number of hydrogen-bond donors (Lipinski definition) is 0. The van der Waals surface area contributed by atoms with E-state index in [-0.39, 0.29) is 0 Å². The predicted molar refractivity (Wildman–Crippen MR) is 148 cm³/mol. The molecular formula is C32H50O2. The quantitative estimate of drug-likeness (QED) is 0.181. The van der Waals surface area contributed by atoms with Gasteiger partial charge in [-0.2, -0.15) is 0 Å². The Morgan fingerprint density at radius 1 is 0.529 bits per heavy atom. The van der Waals surface area contributed by atoms with Crippen molar-refractivity contribution < 1.29 is 9.47 Å². The maximum absolute atomic E-state index is 5.95. The second kappa shape index (κ2) is 18.4. The van der Waals surface area contributed by atoms with E-state index < -0.39 is 0 Å². The van der Waals surface area contributed by atoms with Crippen LogP contribution >= 0.6 is 0 Å². The summed E-state index contributed by atoms with van der Waals surface area (Å²) >= 11 is 0. The van der Waals surface area contributed by atoms with Gasteiger partial charge in [0.15, 0.2) is 0 Å². The van der Waals surface area contributed by atoms with E-state index >= 15 is 0 Å². The molecule has 2 aromatic carbocycles. The molecule has 0 radical (unpaired) electrons. The van der Waals surface area contributed by atoms with Crippen LogP contribution in [0.1, 0.15) is 111 Å². The van der Waals surface area contributed by atoms with Crippen LogP contribution in [0.4, 0.5) is 0 Å². The van der Waals surface area contributed by atoms with Crippen molar-refractivity contribution in [3.8, 4) is 22.6 Å². The first kappa shape index (κ1) is 28.3. The Hall–Kier alpha value is -1.96. The summed E-state index contributed by atoms with van der Waals surface area (Å²) in [5, 5.41) is 0. The summed E-state index contributed by atoms with van der Waals surface area (Å²) < 4.78 is 11.9. The lowest BCUT2D eigenvalue weighted by Gasteiger charge is -2.10. The molecule has 0 spiro atoms. The van der Waals surface area contributed by atoms with Gasteiger partial charge in [-0.1, -0.05) is 116 Å². The number of unbranched alkanes of at least 4 members (excludes halogenated alkanes) is 10. The summed E-state index contributed by atoms with van der Waals surface area (Å²) in [5.74, 6) is 2.76. The minimum atomic E-state index is 0.806. The highest BCUT2D eigenvalue weighted by atomic mass is 16.5. The molecule has 2 heteroatoms. The molecule has 190 valence electrons. The first-order chi connectivity index (χ1) is 16.7. The summed E-state index contributed by atoms with van der Waals surface area (Å²) in [6.07, 6.45) is 18.5. The van der Waals surface area contributed by atoms with Crippen LogP contribution in [-0.2, 0) is 0 Å². The number of rotatable bonds is 20. The molecule has 0 fully saturated rings. The average molecular weight is 467 g/mol. The van der Waals surface area contributed by atoms with Crippen molar-refractivity contribution in [3.05, 3.63) is 48.5 Å². The van der Waals surface area contributed by atoms with E-state index in [1.54, 1.807) is 0 Å².